The third-order valence-electron chi connectivity index (χ3n) is 4.10. The summed E-state index contributed by atoms with van der Waals surface area (Å²) in [5, 5.41) is 11.5. The standard InChI is InChI=1S/C20H13BrO2S/c21-14-7-5-12(6-8-14)16-9-13(18(23)11-22)10-17-15-3-1-2-4-19(15)24-20(16)17/h1-10,22H,11H2. The Morgan fingerprint density at radius 1 is 1.00 bits per heavy atom. The summed E-state index contributed by atoms with van der Waals surface area (Å²) in [4.78, 5) is 12.1. The summed E-state index contributed by atoms with van der Waals surface area (Å²) in [6, 6.07) is 20.1. The number of ketones is 1. The molecule has 4 heteroatoms. The number of thiophene rings is 1. The average Bonchev–Trinajstić information content (AvgIpc) is 2.99. The van der Waals surface area contributed by atoms with Crippen LogP contribution in [-0.2, 0) is 0 Å². The van der Waals surface area contributed by atoms with E-state index in [9.17, 15) is 9.90 Å². The van der Waals surface area contributed by atoms with Crippen molar-refractivity contribution in [2.45, 2.75) is 0 Å². The molecule has 24 heavy (non-hydrogen) atoms. The molecule has 0 saturated carbocycles. The van der Waals surface area contributed by atoms with E-state index in [-0.39, 0.29) is 5.78 Å². The van der Waals surface area contributed by atoms with E-state index in [0.29, 0.717) is 5.56 Å². The molecule has 0 aliphatic carbocycles. The summed E-state index contributed by atoms with van der Waals surface area (Å²) in [7, 11) is 0. The Labute approximate surface area is 151 Å². The van der Waals surface area contributed by atoms with Crippen LogP contribution in [0.15, 0.2) is 65.1 Å². The van der Waals surface area contributed by atoms with Gasteiger partial charge in [-0.15, -0.1) is 11.3 Å². The zero-order valence-electron chi connectivity index (χ0n) is 12.6. The number of fused-ring (bicyclic) bond motifs is 3. The molecular formula is C20H13BrO2S. The van der Waals surface area contributed by atoms with Gasteiger partial charge >= 0.3 is 0 Å². The molecule has 0 spiro atoms. The van der Waals surface area contributed by atoms with Crippen LogP contribution in [0.2, 0.25) is 0 Å². The average molecular weight is 397 g/mol. The Balaban J connectivity index is 2.09. The van der Waals surface area contributed by atoms with E-state index in [2.05, 4.69) is 28.1 Å². The van der Waals surface area contributed by atoms with Crippen molar-refractivity contribution in [3.8, 4) is 11.1 Å². The van der Waals surface area contributed by atoms with E-state index < -0.39 is 6.61 Å². The van der Waals surface area contributed by atoms with Gasteiger partial charge in [0.15, 0.2) is 5.78 Å². The highest BCUT2D eigenvalue weighted by Crippen LogP contribution is 2.41. The predicted molar refractivity (Wildman–Crippen MR) is 104 cm³/mol. The molecule has 0 aliphatic rings. The molecule has 4 rings (SSSR count). The van der Waals surface area contributed by atoms with Crippen LogP contribution in [0.1, 0.15) is 10.4 Å². The second kappa shape index (κ2) is 6.13. The summed E-state index contributed by atoms with van der Waals surface area (Å²) in [6.45, 7) is -0.479. The Morgan fingerprint density at radius 2 is 1.75 bits per heavy atom. The van der Waals surface area contributed by atoms with Crippen molar-refractivity contribution in [1.29, 1.82) is 0 Å². The first-order chi connectivity index (χ1) is 11.7. The van der Waals surface area contributed by atoms with Crippen LogP contribution >= 0.6 is 27.3 Å². The number of aliphatic hydroxyl groups is 1. The molecule has 0 aliphatic heterocycles. The number of carbonyl (C=O) groups excluding carboxylic acids is 1. The minimum atomic E-state index is -0.479. The number of Topliss-reactive ketones (excluding diaryl/α,β-unsaturated/α-hetero) is 1. The first kappa shape index (κ1) is 15.5. The van der Waals surface area contributed by atoms with Crippen LogP contribution in [0.3, 0.4) is 0 Å². The van der Waals surface area contributed by atoms with Crippen LogP contribution in [0.25, 0.3) is 31.3 Å². The van der Waals surface area contributed by atoms with Crippen molar-refractivity contribution >= 4 is 53.2 Å². The molecule has 0 bridgehead atoms. The van der Waals surface area contributed by atoms with E-state index in [1.54, 1.807) is 11.3 Å². The fraction of sp³-hybridized carbons (Fsp3) is 0.0500. The molecular weight excluding hydrogens is 384 g/mol. The Bertz CT molecular complexity index is 1060. The molecule has 0 unspecified atom stereocenters. The van der Waals surface area contributed by atoms with Gasteiger partial charge in [0.2, 0.25) is 0 Å². The lowest BCUT2D eigenvalue weighted by molar-refractivity contribution is 0.0904. The van der Waals surface area contributed by atoms with Gasteiger partial charge in [0, 0.05) is 35.8 Å². The quantitative estimate of drug-likeness (QED) is 0.453. The normalized spacial score (nSPS) is 11.2. The molecule has 118 valence electrons. The van der Waals surface area contributed by atoms with Crippen molar-refractivity contribution in [3.63, 3.8) is 0 Å². The molecule has 1 heterocycles. The second-order valence-corrected chi connectivity index (χ2v) is 7.55. The van der Waals surface area contributed by atoms with Crippen LogP contribution in [0.5, 0.6) is 0 Å². The highest BCUT2D eigenvalue weighted by Gasteiger charge is 2.15. The zero-order chi connectivity index (χ0) is 16.7. The van der Waals surface area contributed by atoms with Crippen molar-refractivity contribution < 1.29 is 9.90 Å². The molecule has 2 nitrogen and oxygen atoms in total. The van der Waals surface area contributed by atoms with Gasteiger partial charge in [0.05, 0.1) is 0 Å². The van der Waals surface area contributed by atoms with Crippen molar-refractivity contribution in [2.75, 3.05) is 6.61 Å². The predicted octanol–water partition coefficient (Wildman–Crippen LogP) is 5.66. The summed E-state index contributed by atoms with van der Waals surface area (Å²) in [5.41, 5.74) is 2.63. The lowest BCUT2D eigenvalue weighted by Gasteiger charge is -2.07. The molecule has 0 saturated heterocycles. The molecule has 1 aromatic heterocycles. The maximum Gasteiger partial charge on any atom is 0.188 e. The summed E-state index contributed by atoms with van der Waals surface area (Å²) >= 11 is 5.19. The molecule has 3 aromatic carbocycles. The highest BCUT2D eigenvalue weighted by atomic mass is 79.9. The third-order valence-corrected chi connectivity index (χ3v) is 5.85. The number of carbonyl (C=O) groups is 1. The van der Waals surface area contributed by atoms with Gasteiger partial charge in [-0.2, -0.15) is 0 Å². The van der Waals surface area contributed by atoms with Gasteiger partial charge in [-0.3, -0.25) is 4.79 Å². The van der Waals surface area contributed by atoms with Gasteiger partial charge in [-0.25, -0.2) is 0 Å². The third kappa shape index (κ3) is 2.57. The second-order valence-electron chi connectivity index (χ2n) is 5.59. The van der Waals surface area contributed by atoms with Crippen LogP contribution in [0, 0.1) is 0 Å². The molecule has 0 amide bonds. The van der Waals surface area contributed by atoms with E-state index >= 15 is 0 Å². The first-order valence-corrected chi connectivity index (χ1v) is 9.13. The fourth-order valence-corrected chi connectivity index (χ4v) is 4.41. The Kier molecular flexibility index (Phi) is 3.96. The zero-order valence-corrected chi connectivity index (χ0v) is 15.0. The van der Waals surface area contributed by atoms with Gasteiger partial charge in [-0.05, 0) is 35.9 Å². The summed E-state index contributed by atoms with van der Waals surface area (Å²) < 4.78 is 3.37. The fourth-order valence-electron chi connectivity index (χ4n) is 2.92. The molecule has 1 N–H and O–H groups in total. The molecule has 0 radical (unpaired) electrons. The monoisotopic (exact) mass is 396 g/mol. The summed E-state index contributed by atoms with van der Waals surface area (Å²) in [5.74, 6) is -0.259. The lowest BCUT2D eigenvalue weighted by Crippen LogP contribution is -2.04. The van der Waals surface area contributed by atoms with E-state index in [1.165, 1.54) is 4.70 Å². The van der Waals surface area contributed by atoms with Crippen molar-refractivity contribution in [1.82, 2.24) is 0 Å². The maximum atomic E-state index is 12.1. The molecule has 0 atom stereocenters. The molecule has 4 aromatic rings. The Hall–Kier alpha value is -2.01. The van der Waals surface area contributed by atoms with Crippen LogP contribution < -0.4 is 0 Å². The largest absolute Gasteiger partial charge is 0.388 e. The van der Waals surface area contributed by atoms with Gasteiger partial charge < -0.3 is 5.11 Å². The van der Waals surface area contributed by atoms with Crippen LogP contribution in [-0.4, -0.2) is 17.5 Å². The van der Waals surface area contributed by atoms with Gasteiger partial charge in [0.25, 0.3) is 0 Å². The van der Waals surface area contributed by atoms with Crippen molar-refractivity contribution in [3.05, 3.63) is 70.7 Å². The van der Waals surface area contributed by atoms with Gasteiger partial charge in [-0.1, -0.05) is 46.3 Å². The van der Waals surface area contributed by atoms with Crippen molar-refractivity contribution in [2.24, 2.45) is 0 Å². The first-order valence-electron chi connectivity index (χ1n) is 7.52. The highest BCUT2D eigenvalue weighted by molar-refractivity contribution is 9.10. The number of hydrogen-bond acceptors (Lipinski definition) is 3. The molecule has 0 fully saturated rings. The minimum absolute atomic E-state index is 0.259. The number of hydrogen-bond donors (Lipinski definition) is 1. The van der Waals surface area contributed by atoms with E-state index in [1.807, 2.05) is 48.5 Å². The number of halogens is 1. The summed E-state index contributed by atoms with van der Waals surface area (Å²) in [6.07, 6.45) is 0. The SMILES string of the molecule is O=C(CO)c1cc(-c2ccc(Br)cc2)c2sc3ccccc3c2c1. The minimum Gasteiger partial charge on any atom is -0.388 e. The van der Waals surface area contributed by atoms with E-state index in [0.717, 1.165) is 31.1 Å². The smallest absolute Gasteiger partial charge is 0.188 e. The van der Waals surface area contributed by atoms with Crippen LogP contribution in [0.4, 0.5) is 0 Å². The van der Waals surface area contributed by atoms with E-state index in [4.69, 9.17) is 0 Å². The number of aliphatic hydroxyl groups excluding tert-OH is 1. The van der Waals surface area contributed by atoms with Gasteiger partial charge in [0.1, 0.15) is 6.61 Å². The lowest BCUT2D eigenvalue weighted by atomic mass is 9.98. The topological polar surface area (TPSA) is 37.3 Å². The Morgan fingerprint density at radius 3 is 2.50 bits per heavy atom. The maximum absolute atomic E-state index is 12.1. The number of benzene rings is 3. The number of rotatable bonds is 3.